The molecule has 1 N–H and O–H groups in total. The molecule has 13 heteroatoms. The minimum absolute atomic E-state index is 0.0150. The number of rotatable bonds is 6. The Hall–Kier alpha value is -3.45. The summed E-state index contributed by atoms with van der Waals surface area (Å²) in [5.41, 5.74) is -1.26. The molecule has 4 fully saturated rings. The zero-order valence-electron chi connectivity index (χ0n) is 24.6. The lowest BCUT2D eigenvalue weighted by Crippen LogP contribution is -2.62. The van der Waals surface area contributed by atoms with Gasteiger partial charge in [0.25, 0.3) is 5.91 Å². The molecule has 9 nitrogen and oxygen atoms in total. The number of amides is 1. The summed E-state index contributed by atoms with van der Waals surface area (Å²) in [6, 6.07) is 6.42. The number of halogens is 4. The summed E-state index contributed by atoms with van der Waals surface area (Å²) in [7, 11) is 0. The van der Waals surface area contributed by atoms with Crippen LogP contribution in [0.25, 0.3) is 0 Å². The smallest absolute Gasteiger partial charge is 0.416 e. The largest absolute Gasteiger partial charge is 0.478 e. The number of pyridine rings is 1. The van der Waals surface area contributed by atoms with Crippen molar-refractivity contribution < 1.29 is 37.0 Å². The molecule has 1 aromatic carbocycles. The van der Waals surface area contributed by atoms with Crippen LogP contribution in [0, 0.1) is 11.7 Å². The molecule has 1 amide bonds. The Morgan fingerprint density at radius 2 is 1.77 bits per heavy atom. The van der Waals surface area contributed by atoms with Gasteiger partial charge in [-0.15, -0.1) is 0 Å². The minimum atomic E-state index is -4.44. The number of aromatic carboxylic acids is 1. The molecule has 238 valence electrons. The predicted molar refractivity (Wildman–Crippen MR) is 154 cm³/mol. The SMILES string of the molecule is C[C@H]1CN([C@@H]2CCC(C(=O)N3CCN(c4cc(C(F)(F)F)ccn4)CC3)(C3CC3)OC2)CCN1c1ccc(F)c(C(=O)O)c1. The molecule has 4 heterocycles. The van der Waals surface area contributed by atoms with Crippen LogP contribution in [0.3, 0.4) is 0 Å². The van der Waals surface area contributed by atoms with Crippen LogP contribution < -0.4 is 9.80 Å². The fraction of sp³-hybridized carbons (Fsp3) is 0.581. The molecule has 3 atom stereocenters. The second-order valence-corrected chi connectivity index (χ2v) is 12.4. The number of aromatic nitrogens is 1. The van der Waals surface area contributed by atoms with Crippen molar-refractivity contribution in [2.24, 2.45) is 5.92 Å². The molecular formula is C31H37F4N5O4. The van der Waals surface area contributed by atoms with Gasteiger partial charge in [-0.05, 0) is 68.9 Å². The van der Waals surface area contributed by atoms with Crippen molar-refractivity contribution in [1.29, 1.82) is 0 Å². The highest BCUT2D eigenvalue weighted by atomic mass is 19.4. The molecule has 4 aliphatic rings. The number of ether oxygens (including phenoxy) is 1. The Morgan fingerprint density at radius 3 is 2.39 bits per heavy atom. The first kappa shape index (κ1) is 30.6. The van der Waals surface area contributed by atoms with E-state index in [1.807, 2.05) is 0 Å². The van der Waals surface area contributed by atoms with Crippen molar-refractivity contribution in [3.05, 3.63) is 53.5 Å². The van der Waals surface area contributed by atoms with Gasteiger partial charge >= 0.3 is 12.1 Å². The molecular weight excluding hydrogens is 582 g/mol. The molecule has 3 aliphatic heterocycles. The second-order valence-electron chi connectivity index (χ2n) is 12.4. The van der Waals surface area contributed by atoms with Crippen LogP contribution in [0.15, 0.2) is 36.5 Å². The summed E-state index contributed by atoms with van der Waals surface area (Å²) in [6.07, 6.45) is 0.0333. The van der Waals surface area contributed by atoms with Gasteiger partial charge in [0.05, 0.1) is 17.7 Å². The number of alkyl halides is 3. The average Bonchev–Trinajstić information content (AvgIpc) is 3.87. The second kappa shape index (κ2) is 11.8. The fourth-order valence-electron chi connectivity index (χ4n) is 7.02. The van der Waals surface area contributed by atoms with E-state index in [1.54, 1.807) is 15.9 Å². The number of carboxylic acid groups (broad SMARTS) is 1. The summed E-state index contributed by atoms with van der Waals surface area (Å²) >= 11 is 0. The van der Waals surface area contributed by atoms with Crippen LogP contribution in [0.2, 0.25) is 0 Å². The van der Waals surface area contributed by atoms with Gasteiger partial charge in [0.1, 0.15) is 17.2 Å². The van der Waals surface area contributed by atoms with Crippen molar-refractivity contribution >= 4 is 23.4 Å². The number of anilines is 2. The lowest BCUT2D eigenvalue weighted by atomic mass is 9.85. The molecule has 44 heavy (non-hydrogen) atoms. The molecule has 0 radical (unpaired) electrons. The molecule has 3 saturated heterocycles. The van der Waals surface area contributed by atoms with Crippen LogP contribution in [-0.2, 0) is 15.7 Å². The Bertz CT molecular complexity index is 1390. The maximum atomic E-state index is 13.9. The predicted octanol–water partition coefficient (Wildman–Crippen LogP) is 4.12. The number of hydrogen-bond acceptors (Lipinski definition) is 7. The van der Waals surface area contributed by atoms with Gasteiger partial charge in [-0.25, -0.2) is 14.2 Å². The number of piperazine rings is 2. The van der Waals surface area contributed by atoms with Crippen LogP contribution in [0.4, 0.5) is 29.1 Å². The number of carbonyl (C=O) groups excluding carboxylic acids is 1. The fourth-order valence-corrected chi connectivity index (χ4v) is 7.02. The molecule has 1 saturated carbocycles. The summed E-state index contributed by atoms with van der Waals surface area (Å²) < 4.78 is 60.0. The van der Waals surface area contributed by atoms with E-state index in [9.17, 15) is 32.3 Å². The van der Waals surface area contributed by atoms with E-state index < -0.39 is 29.1 Å². The first-order valence-electron chi connectivity index (χ1n) is 15.2. The topological polar surface area (TPSA) is 89.5 Å². The van der Waals surface area contributed by atoms with Gasteiger partial charge in [-0.3, -0.25) is 9.69 Å². The Balaban J connectivity index is 1.05. The zero-order chi connectivity index (χ0) is 31.2. The summed E-state index contributed by atoms with van der Waals surface area (Å²) in [4.78, 5) is 37.6. The van der Waals surface area contributed by atoms with E-state index in [4.69, 9.17) is 4.74 Å². The van der Waals surface area contributed by atoms with E-state index in [-0.39, 0.29) is 35.3 Å². The molecule has 0 bridgehead atoms. The number of carboxylic acids is 1. The van der Waals surface area contributed by atoms with Gasteiger partial charge in [-0.1, -0.05) is 0 Å². The van der Waals surface area contributed by atoms with Gasteiger partial charge in [0, 0.05) is 69.8 Å². The van der Waals surface area contributed by atoms with Gasteiger partial charge < -0.3 is 24.5 Å². The Morgan fingerprint density at radius 1 is 1.02 bits per heavy atom. The molecule has 2 aromatic rings. The highest BCUT2D eigenvalue weighted by molar-refractivity contribution is 5.89. The van der Waals surface area contributed by atoms with Gasteiger partial charge in [0.2, 0.25) is 0 Å². The van der Waals surface area contributed by atoms with Crippen LogP contribution in [-0.4, -0.2) is 102 Å². The van der Waals surface area contributed by atoms with E-state index >= 15 is 0 Å². The van der Waals surface area contributed by atoms with E-state index in [1.165, 1.54) is 18.3 Å². The lowest BCUT2D eigenvalue weighted by Gasteiger charge is -2.49. The Labute approximate surface area is 253 Å². The van der Waals surface area contributed by atoms with Crippen molar-refractivity contribution in [3.63, 3.8) is 0 Å². The quantitative estimate of drug-likeness (QED) is 0.484. The van der Waals surface area contributed by atoms with Crippen molar-refractivity contribution in [2.75, 3.05) is 62.2 Å². The minimum Gasteiger partial charge on any atom is -0.478 e. The zero-order valence-corrected chi connectivity index (χ0v) is 24.6. The summed E-state index contributed by atoms with van der Waals surface area (Å²) in [5, 5.41) is 9.32. The normalized spacial score (nSPS) is 27.0. The van der Waals surface area contributed by atoms with Crippen LogP contribution in [0.1, 0.15) is 48.5 Å². The van der Waals surface area contributed by atoms with E-state index in [0.29, 0.717) is 51.4 Å². The van der Waals surface area contributed by atoms with E-state index in [2.05, 4.69) is 21.7 Å². The molecule has 1 aromatic heterocycles. The third-order valence-electron chi connectivity index (χ3n) is 9.63. The molecule has 0 spiro atoms. The standard InChI is InChI=1S/C31H37F4N5O4/c1-20-18-39(14-15-40(20)23-4-5-26(32)25(17-23)28(41)42)24-6-8-30(44-19-24,21-2-3-21)29(43)38-12-10-37(11-13-38)27-16-22(7-9-36-27)31(33,34)35/h4-5,7,9,16-17,20-21,24H,2-3,6,8,10-15,18-19H2,1H3,(H,41,42)/t20-,24+,30?/m0/s1. The monoisotopic (exact) mass is 619 g/mol. The number of carbonyl (C=O) groups is 2. The maximum Gasteiger partial charge on any atom is 0.416 e. The van der Waals surface area contributed by atoms with Crippen molar-refractivity contribution in [2.45, 2.75) is 56.5 Å². The third kappa shape index (κ3) is 5.95. The first-order valence-corrected chi connectivity index (χ1v) is 15.2. The average molecular weight is 620 g/mol. The van der Waals surface area contributed by atoms with Crippen molar-refractivity contribution in [1.82, 2.24) is 14.8 Å². The van der Waals surface area contributed by atoms with E-state index in [0.717, 1.165) is 44.5 Å². The number of benzene rings is 1. The van der Waals surface area contributed by atoms with Crippen molar-refractivity contribution in [3.8, 4) is 0 Å². The summed E-state index contributed by atoms with van der Waals surface area (Å²) in [5.74, 6) is -1.62. The molecule has 6 rings (SSSR count). The highest BCUT2D eigenvalue weighted by Gasteiger charge is 2.56. The Kier molecular flexibility index (Phi) is 8.20. The number of hydrogen-bond donors (Lipinski definition) is 1. The number of nitrogens with zero attached hydrogens (tertiary/aromatic N) is 5. The third-order valence-corrected chi connectivity index (χ3v) is 9.63. The molecule has 1 aliphatic carbocycles. The van der Waals surface area contributed by atoms with Crippen LogP contribution >= 0.6 is 0 Å². The van der Waals surface area contributed by atoms with Gasteiger partial charge in [0.15, 0.2) is 0 Å². The molecule has 1 unspecified atom stereocenters. The highest BCUT2D eigenvalue weighted by Crippen LogP contribution is 2.48. The van der Waals surface area contributed by atoms with Gasteiger partial charge in [-0.2, -0.15) is 13.2 Å². The maximum absolute atomic E-state index is 13.9. The summed E-state index contributed by atoms with van der Waals surface area (Å²) in [6.45, 7) is 6.18. The lowest BCUT2D eigenvalue weighted by molar-refractivity contribution is -0.176. The van der Waals surface area contributed by atoms with Crippen LogP contribution in [0.5, 0.6) is 0 Å². The first-order chi connectivity index (χ1) is 21.0.